The molecule has 2 N–H and O–H groups in total. The number of aliphatic carboxylic acids is 1. The lowest BCUT2D eigenvalue weighted by molar-refractivity contribution is -0.140. The molecule has 6 heteroatoms. The van der Waals surface area contributed by atoms with Crippen molar-refractivity contribution in [2.24, 2.45) is 5.92 Å². The molecule has 1 aliphatic rings. The number of carbonyl (C=O) groups excluding carboxylic acids is 1. The molecule has 1 fully saturated rings. The van der Waals surface area contributed by atoms with Crippen LogP contribution in [0.5, 0.6) is 0 Å². The third-order valence-corrected chi connectivity index (χ3v) is 3.28. The largest absolute Gasteiger partial charge is 0.481 e. The van der Waals surface area contributed by atoms with Crippen LogP contribution in [0, 0.1) is 5.92 Å². The first-order valence-corrected chi connectivity index (χ1v) is 6.45. The van der Waals surface area contributed by atoms with E-state index in [0.29, 0.717) is 6.54 Å². The number of hydrogen-bond donors (Lipinski definition) is 2. The van der Waals surface area contributed by atoms with E-state index in [2.05, 4.69) is 10.2 Å². The topological polar surface area (TPSA) is 72.9 Å². The first kappa shape index (κ1) is 14.8. The Balaban J connectivity index is 2.17. The molecule has 1 heterocycles. The lowest BCUT2D eigenvalue weighted by atomic mass is 10.2. The second-order valence-corrected chi connectivity index (χ2v) is 4.90. The standard InChI is InChI=1S/C12H23N3O3/c1-10(11(16)17)9-13-12(18)14(2)7-8-15-5-3-4-6-15/h10H,3-9H2,1-2H3,(H,13,18)(H,16,17). The van der Waals surface area contributed by atoms with E-state index in [4.69, 9.17) is 5.11 Å². The van der Waals surface area contributed by atoms with Gasteiger partial charge in [0.1, 0.15) is 0 Å². The number of carbonyl (C=O) groups is 2. The van der Waals surface area contributed by atoms with E-state index in [0.717, 1.165) is 19.6 Å². The monoisotopic (exact) mass is 257 g/mol. The highest BCUT2D eigenvalue weighted by Gasteiger charge is 2.16. The van der Waals surface area contributed by atoms with Crippen LogP contribution in [-0.2, 0) is 4.79 Å². The molecule has 0 aliphatic carbocycles. The Kier molecular flexibility index (Phi) is 5.91. The summed E-state index contributed by atoms with van der Waals surface area (Å²) in [7, 11) is 1.73. The molecule has 0 aromatic rings. The zero-order chi connectivity index (χ0) is 13.5. The number of hydrogen-bond acceptors (Lipinski definition) is 3. The van der Waals surface area contributed by atoms with Gasteiger partial charge in [-0.25, -0.2) is 4.79 Å². The molecule has 1 unspecified atom stereocenters. The molecule has 1 rings (SSSR count). The van der Waals surface area contributed by atoms with Crippen LogP contribution in [-0.4, -0.2) is 66.7 Å². The Morgan fingerprint density at radius 1 is 1.39 bits per heavy atom. The van der Waals surface area contributed by atoms with Crippen molar-refractivity contribution >= 4 is 12.0 Å². The summed E-state index contributed by atoms with van der Waals surface area (Å²) in [5.74, 6) is -1.45. The highest BCUT2D eigenvalue weighted by molar-refractivity contribution is 5.75. The van der Waals surface area contributed by atoms with Crippen LogP contribution in [0.25, 0.3) is 0 Å². The highest BCUT2D eigenvalue weighted by atomic mass is 16.4. The van der Waals surface area contributed by atoms with Crippen LogP contribution in [0.15, 0.2) is 0 Å². The minimum Gasteiger partial charge on any atom is -0.481 e. The number of likely N-dealkylation sites (N-methyl/N-ethyl adjacent to an activating group) is 1. The van der Waals surface area contributed by atoms with Gasteiger partial charge in [-0.15, -0.1) is 0 Å². The molecule has 0 radical (unpaired) electrons. The van der Waals surface area contributed by atoms with Crippen LogP contribution in [0.1, 0.15) is 19.8 Å². The average Bonchev–Trinajstić information content (AvgIpc) is 2.85. The number of likely N-dealkylation sites (tertiary alicyclic amines) is 1. The molecule has 2 amide bonds. The minimum atomic E-state index is -0.894. The smallest absolute Gasteiger partial charge is 0.317 e. The van der Waals surface area contributed by atoms with Gasteiger partial charge in [-0.2, -0.15) is 0 Å². The van der Waals surface area contributed by atoms with Crippen molar-refractivity contribution in [1.82, 2.24) is 15.1 Å². The van der Waals surface area contributed by atoms with Gasteiger partial charge < -0.3 is 20.2 Å². The van der Waals surface area contributed by atoms with Crippen LogP contribution >= 0.6 is 0 Å². The maximum atomic E-state index is 11.7. The molecule has 6 nitrogen and oxygen atoms in total. The summed E-state index contributed by atoms with van der Waals surface area (Å²) < 4.78 is 0. The number of carboxylic acids is 1. The number of nitrogens with zero attached hydrogens (tertiary/aromatic N) is 2. The third kappa shape index (κ3) is 4.91. The number of amides is 2. The summed E-state index contributed by atoms with van der Waals surface area (Å²) in [6.07, 6.45) is 2.48. The normalized spacial score (nSPS) is 17.4. The molecular formula is C12H23N3O3. The molecule has 104 valence electrons. The molecule has 18 heavy (non-hydrogen) atoms. The Labute approximate surface area is 108 Å². The van der Waals surface area contributed by atoms with Gasteiger partial charge in [-0.05, 0) is 25.9 Å². The number of nitrogens with one attached hydrogen (secondary N) is 1. The van der Waals surface area contributed by atoms with E-state index in [9.17, 15) is 9.59 Å². The summed E-state index contributed by atoms with van der Waals surface area (Å²) in [6, 6.07) is -0.206. The Hall–Kier alpha value is -1.30. The lowest BCUT2D eigenvalue weighted by Gasteiger charge is -2.22. The SMILES string of the molecule is CC(CNC(=O)N(C)CCN1CCCC1)C(=O)O. The number of rotatable bonds is 6. The first-order valence-electron chi connectivity index (χ1n) is 6.45. The van der Waals surface area contributed by atoms with E-state index in [1.807, 2.05) is 0 Å². The fourth-order valence-corrected chi connectivity index (χ4v) is 1.86. The van der Waals surface area contributed by atoms with Gasteiger partial charge in [0.25, 0.3) is 0 Å². The van der Waals surface area contributed by atoms with Crippen molar-refractivity contribution in [1.29, 1.82) is 0 Å². The molecule has 1 atom stereocenters. The third-order valence-electron chi connectivity index (χ3n) is 3.28. The Morgan fingerprint density at radius 3 is 2.56 bits per heavy atom. The predicted molar refractivity (Wildman–Crippen MR) is 68.5 cm³/mol. The summed E-state index contributed by atoms with van der Waals surface area (Å²) in [5, 5.41) is 11.3. The molecule has 0 aromatic carbocycles. The Morgan fingerprint density at radius 2 is 2.00 bits per heavy atom. The van der Waals surface area contributed by atoms with E-state index < -0.39 is 11.9 Å². The zero-order valence-corrected chi connectivity index (χ0v) is 11.2. The van der Waals surface area contributed by atoms with Crippen molar-refractivity contribution in [3.8, 4) is 0 Å². The fourth-order valence-electron chi connectivity index (χ4n) is 1.86. The highest BCUT2D eigenvalue weighted by Crippen LogP contribution is 2.06. The van der Waals surface area contributed by atoms with Gasteiger partial charge >= 0.3 is 12.0 Å². The molecule has 0 spiro atoms. The molecule has 0 saturated carbocycles. The van der Waals surface area contributed by atoms with Gasteiger partial charge in [0.05, 0.1) is 5.92 Å². The van der Waals surface area contributed by atoms with Crippen molar-refractivity contribution in [2.45, 2.75) is 19.8 Å². The first-order chi connectivity index (χ1) is 8.50. The van der Waals surface area contributed by atoms with E-state index in [1.54, 1.807) is 18.9 Å². The van der Waals surface area contributed by atoms with E-state index in [-0.39, 0.29) is 12.6 Å². The van der Waals surface area contributed by atoms with Gasteiger partial charge in [0.2, 0.25) is 0 Å². The van der Waals surface area contributed by atoms with Crippen molar-refractivity contribution in [3.63, 3.8) is 0 Å². The average molecular weight is 257 g/mol. The van der Waals surface area contributed by atoms with Crippen LogP contribution < -0.4 is 5.32 Å². The minimum absolute atomic E-state index is 0.169. The second-order valence-electron chi connectivity index (χ2n) is 4.90. The zero-order valence-electron chi connectivity index (χ0n) is 11.2. The van der Waals surface area contributed by atoms with Crippen LogP contribution in [0.2, 0.25) is 0 Å². The molecule has 0 bridgehead atoms. The molecule has 0 aromatic heterocycles. The van der Waals surface area contributed by atoms with Gasteiger partial charge in [0.15, 0.2) is 0 Å². The van der Waals surface area contributed by atoms with Crippen molar-refractivity contribution in [3.05, 3.63) is 0 Å². The molecular weight excluding hydrogens is 234 g/mol. The maximum absolute atomic E-state index is 11.7. The summed E-state index contributed by atoms with van der Waals surface area (Å²) in [5.41, 5.74) is 0. The van der Waals surface area contributed by atoms with Gasteiger partial charge in [-0.1, -0.05) is 6.92 Å². The van der Waals surface area contributed by atoms with Crippen LogP contribution in [0.4, 0.5) is 4.79 Å². The maximum Gasteiger partial charge on any atom is 0.317 e. The van der Waals surface area contributed by atoms with Crippen molar-refractivity contribution < 1.29 is 14.7 Å². The lowest BCUT2D eigenvalue weighted by Crippen LogP contribution is -2.43. The van der Waals surface area contributed by atoms with Crippen LogP contribution in [0.3, 0.4) is 0 Å². The summed E-state index contributed by atoms with van der Waals surface area (Å²) in [4.78, 5) is 26.2. The van der Waals surface area contributed by atoms with Crippen molar-refractivity contribution in [2.75, 3.05) is 39.8 Å². The van der Waals surface area contributed by atoms with E-state index >= 15 is 0 Å². The number of urea groups is 1. The second kappa shape index (κ2) is 7.20. The quantitative estimate of drug-likeness (QED) is 0.724. The molecule has 1 aliphatic heterocycles. The summed E-state index contributed by atoms with van der Waals surface area (Å²) >= 11 is 0. The summed E-state index contributed by atoms with van der Waals surface area (Å²) in [6.45, 7) is 5.54. The van der Waals surface area contributed by atoms with E-state index in [1.165, 1.54) is 12.8 Å². The number of carboxylic acid groups (broad SMARTS) is 1. The van der Waals surface area contributed by atoms with Gasteiger partial charge in [0, 0.05) is 26.7 Å². The fraction of sp³-hybridized carbons (Fsp3) is 0.833. The van der Waals surface area contributed by atoms with Gasteiger partial charge in [-0.3, -0.25) is 4.79 Å². The predicted octanol–water partition coefficient (Wildman–Crippen LogP) is 0.444. The molecule has 1 saturated heterocycles. The Bertz CT molecular complexity index is 290.